The Morgan fingerprint density at radius 1 is 1.10 bits per heavy atom. The first kappa shape index (κ1) is 20.9. The van der Waals surface area contributed by atoms with Gasteiger partial charge in [0, 0.05) is 15.5 Å². The van der Waals surface area contributed by atoms with Gasteiger partial charge in [-0.05, 0) is 64.0 Å². The summed E-state index contributed by atoms with van der Waals surface area (Å²) < 4.78 is 33.2. The molecular formula is C20H16ClIN4O3S. The van der Waals surface area contributed by atoms with E-state index in [1.165, 1.54) is 10.2 Å². The topological polar surface area (TPSA) is 86.1 Å². The van der Waals surface area contributed by atoms with Crippen LogP contribution < -0.4 is 10.1 Å². The normalized spacial score (nSPS) is 11.6. The van der Waals surface area contributed by atoms with E-state index in [9.17, 15) is 8.42 Å². The maximum atomic E-state index is 13.1. The van der Waals surface area contributed by atoms with Crippen molar-refractivity contribution in [2.75, 3.05) is 12.4 Å². The minimum Gasteiger partial charge on any atom is -0.497 e. The number of methoxy groups -OCH3 is 1. The molecule has 0 saturated heterocycles. The fourth-order valence-corrected chi connectivity index (χ4v) is 5.54. The number of benzene rings is 2. The van der Waals surface area contributed by atoms with Crippen molar-refractivity contribution < 1.29 is 13.2 Å². The van der Waals surface area contributed by atoms with E-state index < -0.39 is 10.0 Å². The maximum Gasteiger partial charge on any atom is 0.244 e. The second kappa shape index (κ2) is 8.40. The minimum atomic E-state index is -3.72. The minimum absolute atomic E-state index is 0.0517. The van der Waals surface area contributed by atoms with Crippen LogP contribution in [0, 0.1) is 3.57 Å². The smallest absolute Gasteiger partial charge is 0.244 e. The van der Waals surface area contributed by atoms with Crippen LogP contribution in [-0.4, -0.2) is 29.5 Å². The lowest BCUT2D eigenvalue weighted by molar-refractivity contribution is 0.415. The highest BCUT2D eigenvalue weighted by Crippen LogP contribution is 2.32. The lowest BCUT2D eigenvalue weighted by Gasteiger charge is -2.10. The van der Waals surface area contributed by atoms with Gasteiger partial charge in [0.2, 0.25) is 15.3 Å². The van der Waals surface area contributed by atoms with E-state index in [4.69, 9.17) is 16.3 Å². The lowest BCUT2D eigenvalue weighted by Crippen LogP contribution is -2.15. The Hall–Kier alpha value is -2.37. The van der Waals surface area contributed by atoms with E-state index in [1.807, 2.05) is 30.3 Å². The summed E-state index contributed by atoms with van der Waals surface area (Å²) in [5, 5.41) is 3.71. The molecule has 0 saturated carbocycles. The highest BCUT2D eigenvalue weighted by molar-refractivity contribution is 14.1. The van der Waals surface area contributed by atoms with Gasteiger partial charge in [0.1, 0.15) is 11.6 Å². The molecule has 2 aromatic carbocycles. The molecule has 2 heterocycles. The molecule has 0 atom stereocenters. The Morgan fingerprint density at radius 3 is 2.47 bits per heavy atom. The summed E-state index contributed by atoms with van der Waals surface area (Å²) in [6.07, 6.45) is 1.54. The fourth-order valence-electron chi connectivity index (χ4n) is 3.00. The fraction of sp³-hybridized carbons (Fsp3) is 0.100. The van der Waals surface area contributed by atoms with E-state index in [1.54, 1.807) is 31.4 Å². The molecule has 0 bridgehead atoms. The van der Waals surface area contributed by atoms with Gasteiger partial charge in [-0.3, -0.25) is 0 Å². The summed E-state index contributed by atoms with van der Waals surface area (Å²) in [6, 6.07) is 16.3. The largest absolute Gasteiger partial charge is 0.497 e. The highest BCUT2D eigenvalue weighted by Gasteiger charge is 2.23. The molecule has 4 aromatic rings. The number of halogens is 2. The van der Waals surface area contributed by atoms with Crippen LogP contribution in [0.5, 0.6) is 5.75 Å². The Morgan fingerprint density at radius 2 is 1.80 bits per heavy atom. The van der Waals surface area contributed by atoms with Crippen molar-refractivity contribution in [2.24, 2.45) is 0 Å². The van der Waals surface area contributed by atoms with Crippen LogP contribution in [0.2, 0.25) is 5.28 Å². The van der Waals surface area contributed by atoms with E-state index in [2.05, 4.69) is 37.9 Å². The molecule has 2 aromatic heterocycles. The first-order valence-corrected chi connectivity index (χ1v) is 11.9. The Balaban J connectivity index is 1.78. The Kier molecular flexibility index (Phi) is 5.85. The number of ether oxygens (including phenoxy) is 1. The number of anilines is 2. The van der Waals surface area contributed by atoms with Crippen molar-refractivity contribution in [3.8, 4) is 5.75 Å². The summed E-state index contributed by atoms with van der Waals surface area (Å²) in [5.74, 6) is 0.990. The van der Waals surface area contributed by atoms with Crippen molar-refractivity contribution >= 4 is 66.8 Å². The molecule has 0 spiro atoms. The summed E-state index contributed by atoms with van der Waals surface area (Å²) in [7, 11) is -2.12. The van der Waals surface area contributed by atoms with Crippen molar-refractivity contribution in [1.29, 1.82) is 0 Å². The third kappa shape index (κ3) is 4.23. The van der Waals surface area contributed by atoms with Crippen molar-refractivity contribution in [2.45, 2.75) is 5.75 Å². The molecule has 30 heavy (non-hydrogen) atoms. The zero-order valence-corrected chi connectivity index (χ0v) is 19.4. The molecule has 154 valence electrons. The highest BCUT2D eigenvalue weighted by atomic mass is 127. The molecule has 10 heteroatoms. The lowest BCUT2D eigenvalue weighted by atomic mass is 10.2. The molecule has 0 radical (unpaired) electrons. The molecule has 0 aliphatic heterocycles. The predicted octanol–water partition coefficient (Wildman–Crippen LogP) is 4.82. The van der Waals surface area contributed by atoms with Gasteiger partial charge in [0.15, 0.2) is 5.65 Å². The third-order valence-electron chi connectivity index (χ3n) is 4.39. The van der Waals surface area contributed by atoms with Gasteiger partial charge in [0.05, 0.1) is 18.2 Å². The van der Waals surface area contributed by atoms with Crippen LogP contribution >= 0.6 is 34.2 Å². The van der Waals surface area contributed by atoms with Gasteiger partial charge in [-0.2, -0.15) is 9.97 Å². The van der Waals surface area contributed by atoms with Gasteiger partial charge in [-0.15, -0.1) is 0 Å². The number of rotatable bonds is 6. The summed E-state index contributed by atoms with van der Waals surface area (Å²) in [4.78, 5) is 8.49. The quantitative estimate of drug-likeness (QED) is 0.272. The van der Waals surface area contributed by atoms with Gasteiger partial charge in [-0.25, -0.2) is 12.4 Å². The molecule has 0 fully saturated rings. The summed E-state index contributed by atoms with van der Waals surface area (Å²) in [5.41, 5.74) is 1.67. The van der Waals surface area contributed by atoms with Crippen LogP contribution in [-0.2, 0) is 15.8 Å². The molecule has 4 rings (SSSR count). The van der Waals surface area contributed by atoms with Crippen LogP contribution in [0.3, 0.4) is 0 Å². The molecule has 0 aliphatic carbocycles. The SMILES string of the molecule is COc1ccc(Nc2nc(Cl)nc3c2c(I)cn3S(=O)(=O)Cc2ccccc2)cc1. The Labute approximate surface area is 192 Å². The number of nitrogens with one attached hydrogen (secondary N) is 1. The first-order chi connectivity index (χ1) is 14.4. The number of hydrogen-bond donors (Lipinski definition) is 1. The van der Waals surface area contributed by atoms with E-state index in [-0.39, 0.29) is 16.7 Å². The van der Waals surface area contributed by atoms with Crippen molar-refractivity contribution in [1.82, 2.24) is 13.9 Å². The van der Waals surface area contributed by atoms with Crippen LogP contribution in [0.15, 0.2) is 60.8 Å². The zero-order chi connectivity index (χ0) is 21.3. The summed E-state index contributed by atoms with van der Waals surface area (Å²) in [6.45, 7) is 0. The van der Waals surface area contributed by atoms with Crippen LogP contribution in [0.1, 0.15) is 5.56 Å². The molecule has 0 amide bonds. The maximum absolute atomic E-state index is 13.1. The molecule has 1 N–H and O–H groups in total. The predicted molar refractivity (Wildman–Crippen MR) is 126 cm³/mol. The number of nitrogens with zero attached hydrogens (tertiary/aromatic N) is 3. The van der Waals surface area contributed by atoms with E-state index in [0.29, 0.717) is 20.3 Å². The van der Waals surface area contributed by atoms with Gasteiger partial charge in [-0.1, -0.05) is 30.3 Å². The molecule has 7 nitrogen and oxygen atoms in total. The number of hydrogen-bond acceptors (Lipinski definition) is 6. The second-order valence-electron chi connectivity index (χ2n) is 6.41. The first-order valence-electron chi connectivity index (χ1n) is 8.80. The van der Waals surface area contributed by atoms with Crippen LogP contribution in [0.4, 0.5) is 11.5 Å². The zero-order valence-electron chi connectivity index (χ0n) is 15.7. The molecular weight excluding hydrogens is 539 g/mol. The average Bonchev–Trinajstić information content (AvgIpc) is 3.06. The number of fused-ring (bicyclic) bond motifs is 1. The molecule has 0 unspecified atom stereocenters. The second-order valence-corrected chi connectivity index (χ2v) is 9.75. The standard InChI is InChI=1S/C20H16ClIN4O3S/c1-29-15-9-7-14(8-10-15)23-18-17-16(22)11-26(19(17)25-20(21)24-18)30(27,28)12-13-5-3-2-4-6-13/h2-11H,12H2,1H3,(H,23,24,25). The van der Waals surface area contributed by atoms with Gasteiger partial charge in [0.25, 0.3) is 0 Å². The van der Waals surface area contributed by atoms with Gasteiger partial charge >= 0.3 is 0 Å². The van der Waals surface area contributed by atoms with Crippen LogP contribution in [0.25, 0.3) is 11.0 Å². The third-order valence-corrected chi connectivity index (χ3v) is 6.95. The van der Waals surface area contributed by atoms with E-state index in [0.717, 1.165) is 11.4 Å². The number of aromatic nitrogens is 3. The summed E-state index contributed by atoms with van der Waals surface area (Å²) >= 11 is 8.21. The average molecular weight is 555 g/mol. The van der Waals surface area contributed by atoms with Crippen molar-refractivity contribution in [3.63, 3.8) is 0 Å². The van der Waals surface area contributed by atoms with E-state index >= 15 is 0 Å². The van der Waals surface area contributed by atoms with Gasteiger partial charge < -0.3 is 10.1 Å². The Bertz CT molecular complexity index is 1310. The monoisotopic (exact) mass is 554 g/mol. The molecule has 0 aliphatic rings. The van der Waals surface area contributed by atoms with Crippen molar-refractivity contribution in [3.05, 3.63) is 75.2 Å².